The summed E-state index contributed by atoms with van der Waals surface area (Å²) in [7, 11) is -3.89. The van der Waals surface area contributed by atoms with Crippen LogP contribution in [0.1, 0.15) is 0 Å². The number of phosphoric acid groups is 1. The van der Waals surface area contributed by atoms with Crippen molar-refractivity contribution in [3.63, 3.8) is 0 Å². The predicted octanol–water partition coefficient (Wildman–Crippen LogP) is 5.91. The molecule has 24 heavy (non-hydrogen) atoms. The zero-order chi connectivity index (χ0) is 16.0. The van der Waals surface area contributed by atoms with Crippen molar-refractivity contribution in [1.82, 2.24) is 0 Å². The molecule has 0 spiro atoms. The molecule has 0 unspecified atom stereocenters. The van der Waals surface area contributed by atoms with Crippen LogP contribution in [-0.4, -0.2) is 0 Å². The first kappa shape index (κ1) is 18.1. The van der Waals surface area contributed by atoms with Gasteiger partial charge in [0.25, 0.3) is 0 Å². The predicted molar refractivity (Wildman–Crippen MR) is 99.1 cm³/mol. The Morgan fingerprint density at radius 1 is 0.500 bits per heavy atom. The Morgan fingerprint density at radius 2 is 0.750 bits per heavy atom. The van der Waals surface area contributed by atoms with E-state index in [2.05, 4.69) is 0 Å². The van der Waals surface area contributed by atoms with E-state index in [9.17, 15) is 4.57 Å². The van der Waals surface area contributed by atoms with Gasteiger partial charge in [0.15, 0.2) is 0 Å². The molecular weight excluding hydrogens is 391 g/mol. The third kappa shape index (κ3) is 5.15. The number of para-hydroxylation sites is 3. The topological polar surface area (TPSA) is 44.8 Å². The first-order chi connectivity index (χ1) is 11.2. The minimum absolute atomic E-state index is 0. The summed E-state index contributed by atoms with van der Waals surface area (Å²) in [6.45, 7) is 0. The molecule has 0 heterocycles. The van der Waals surface area contributed by atoms with Gasteiger partial charge in [-0.15, -0.1) is 17.0 Å². The number of rotatable bonds is 6. The van der Waals surface area contributed by atoms with E-state index in [0.29, 0.717) is 17.2 Å². The minimum atomic E-state index is -3.89. The third-order valence-corrected chi connectivity index (χ3v) is 4.18. The minimum Gasteiger partial charge on any atom is -0.386 e. The van der Waals surface area contributed by atoms with E-state index in [4.69, 9.17) is 13.6 Å². The molecule has 0 fully saturated rings. The van der Waals surface area contributed by atoms with Gasteiger partial charge in [0, 0.05) is 0 Å². The average molecular weight is 407 g/mol. The molecule has 6 heteroatoms. The number of benzene rings is 3. The smallest absolute Gasteiger partial charge is 0.386 e. The highest BCUT2D eigenvalue weighted by Crippen LogP contribution is 2.49. The molecule has 0 saturated carbocycles. The van der Waals surface area contributed by atoms with Crippen molar-refractivity contribution in [2.24, 2.45) is 0 Å². The van der Waals surface area contributed by atoms with E-state index >= 15 is 0 Å². The third-order valence-electron chi connectivity index (χ3n) is 2.88. The van der Waals surface area contributed by atoms with Crippen molar-refractivity contribution in [3.05, 3.63) is 91.0 Å². The molecule has 3 aromatic carbocycles. The molecule has 124 valence electrons. The summed E-state index contributed by atoms with van der Waals surface area (Å²) in [5.74, 6) is 1.22. The fraction of sp³-hybridized carbons (Fsp3) is 0. The first-order valence-corrected chi connectivity index (χ1v) is 8.54. The Kier molecular flexibility index (Phi) is 6.47. The Labute approximate surface area is 151 Å². The molecule has 0 aliphatic carbocycles. The zero-order valence-electron chi connectivity index (χ0n) is 12.6. The van der Waals surface area contributed by atoms with Crippen LogP contribution >= 0.6 is 24.8 Å². The second-order valence-electron chi connectivity index (χ2n) is 4.66. The first-order valence-electron chi connectivity index (χ1n) is 7.07. The maximum Gasteiger partial charge on any atom is 0.647 e. The summed E-state index contributed by atoms with van der Waals surface area (Å²) in [5, 5.41) is 0. The van der Waals surface area contributed by atoms with Crippen molar-refractivity contribution < 1.29 is 18.1 Å². The molecule has 0 amide bonds. The Hall–Kier alpha value is -2.23. The van der Waals surface area contributed by atoms with Gasteiger partial charge < -0.3 is 13.6 Å². The second-order valence-corrected chi connectivity index (χ2v) is 6.10. The van der Waals surface area contributed by atoms with Gasteiger partial charge in [-0.1, -0.05) is 54.6 Å². The van der Waals surface area contributed by atoms with Gasteiger partial charge >= 0.3 is 7.82 Å². The summed E-state index contributed by atoms with van der Waals surface area (Å²) < 4.78 is 29.6. The molecule has 0 N–H and O–H groups in total. The number of hydrogen-bond acceptors (Lipinski definition) is 4. The molecule has 0 aromatic heterocycles. The highest BCUT2D eigenvalue weighted by molar-refractivity contribution is 8.93. The summed E-state index contributed by atoms with van der Waals surface area (Å²) in [5.41, 5.74) is 0. The van der Waals surface area contributed by atoms with E-state index in [1.165, 1.54) is 0 Å². The monoisotopic (exact) mass is 406 g/mol. The van der Waals surface area contributed by atoms with Gasteiger partial charge in [-0.2, -0.15) is 4.57 Å². The van der Waals surface area contributed by atoms with Crippen LogP contribution in [0.25, 0.3) is 0 Å². The Bertz CT molecular complexity index is 674. The van der Waals surface area contributed by atoms with E-state index < -0.39 is 7.82 Å². The number of hydrogen-bond donors (Lipinski definition) is 0. The maximum absolute atomic E-state index is 13.1. The van der Waals surface area contributed by atoms with Gasteiger partial charge in [0.2, 0.25) is 0 Å². The van der Waals surface area contributed by atoms with Crippen molar-refractivity contribution in [2.75, 3.05) is 0 Å². The molecular formula is C18H16BrO4P. The highest BCUT2D eigenvalue weighted by Gasteiger charge is 2.33. The van der Waals surface area contributed by atoms with Crippen molar-refractivity contribution in [3.8, 4) is 17.2 Å². The molecule has 0 aliphatic rings. The summed E-state index contributed by atoms with van der Waals surface area (Å²) in [6.07, 6.45) is 0. The molecule has 0 bridgehead atoms. The summed E-state index contributed by atoms with van der Waals surface area (Å²) >= 11 is 0. The fourth-order valence-electron chi connectivity index (χ4n) is 1.89. The molecule has 3 rings (SSSR count). The SMILES string of the molecule is Br.O=P(Oc1ccccc1)(Oc1ccccc1)Oc1ccccc1. The molecule has 4 nitrogen and oxygen atoms in total. The van der Waals surface area contributed by atoms with Crippen LogP contribution in [0.3, 0.4) is 0 Å². The second kappa shape index (κ2) is 8.57. The highest BCUT2D eigenvalue weighted by atomic mass is 79.9. The van der Waals surface area contributed by atoms with Gasteiger partial charge in [0.1, 0.15) is 17.2 Å². The largest absolute Gasteiger partial charge is 0.647 e. The Morgan fingerprint density at radius 3 is 1.00 bits per heavy atom. The number of phosphoric ester groups is 1. The quantitative estimate of drug-likeness (QED) is 0.477. The van der Waals surface area contributed by atoms with Crippen LogP contribution in [0.4, 0.5) is 0 Å². The normalized spacial score (nSPS) is 10.3. The van der Waals surface area contributed by atoms with Crippen LogP contribution in [0, 0.1) is 0 Å². The van der Waals surface area contributed by atoms with E-state index in [1.54, 1.807) is 72.8 Å². The average Bonchev–Trinajstić information content (AvgIpc) is 2.57. The fourth-order valence-corrected chi connectivity index (χ4v) is 3.14. The molecule has 0 aliphatic heterocycles. The van der Waals surface area contributed by atoms with Gasteiger partial charge in [-0.05, 0) is 36.4 Å². The van der Waals surface area contributed by atoms with E-state index in [1.807, 2.05) is 18.2 Å². The van der Waals surface area contributed by atoms with Crippen LogP contribution in [0.5, 0.6) is 17.2 Å². The lowest BCUT2D eigenvalue weighted by Gasteiger charge is -2.19. The van der Waals surface area contributed by atoms with Crippen LogP contribution < -0.4 is 13.6 Å². The molecule has 3 aromatic rings. The van der Waals surface area contributed by atoms with Crippen LogP contribution in [0.2, 0.25) is 0 Å². The van der Waals surface area contributed by atoms with Gasteiger partial charge in [0.05, 0.1) is 0 Å². The van der Waals surface area contributed by atoms with Crippen molar-refractivity contribution in [2.45, 2.75) is 0 Å². The Balaban J connectivity index is 0.00000208. The van der Waals surface area contributed by atoms with E-state index in [-0.39, 0.29) is 17.0 Å². The standard InChI is InChI=1S/C18H15O4P.BrH/c19-23(20-16-10-4-1-5-11-16,21-17-12-6-2-7-13-17)22-18-14-8-3-9-15-18;/h1-15H;1H. The van der Waals surface area contributed by atoms with Crippen molar-refractivity contribution >= 4 is 24.8 Å². The summed E-state index contributed by atoms with van der Waals surface area (Å²) in [6, 6.07) is 26.4. The van der Waals surface area contributed by atoms with Crippen LogP contribution in [-0.2, 0) is 4.57 Å². The van der Waals surface area contributed by atoms with Crippen molar-refractivity contribution in [1.29, 1.82) is 0 Å². The molecule has 0 atom stereocenters. The number of halogens is 1. The lowest BCUT2D eigenvalue weighted by Crippen LogP contribution is -2.07. The zero-order valence-corrected chi connectivity index (χ0v) is 15.3. The summed E-state index contributed by atoms with van der Waals surface area (Å²) in [4.78, 5) is 0. The van der Waals surface area contributed by atoms with Gasteiger partial charge in [-0.3, -0.25) is 0 Å². The molecule has 0 radical (unpaired) electrons. The van der Waals surface area contributed by atoms with Gasteiger partial charge in [-0.25, -0.2) is 0 Å². The van der Waals surface area contributed by atoms with Crippen LogP contribution in [0.15, 0.2) is 91.0 Å². The lowest BCUT2D eigenvalue weighted by atomic mass is 10.3. The van der Waals surface area contributed by atoms with E-state index in [0.717, 1.165) is 0 Å². The molecule has 0 saturated heterocycles. The maximum atomic E-state index is 13.1. The lowest BCUT2D eigenvalue weighted by molar-refractivity contribution is 0.298.